The number of amides is 1. The molecule has 0 radical (unpaired) electrons. The first-order chi connectivity index (χ1) is 8.24. The van der Waals surface area contributed by atoms with Gasteiger partial charge in [-0.15, -0.1) is 0 Å². The van der Waals surface area contributed by atoms with Gasteiger partial charge in [0.25, 0.3) is 5.91 Å². The molecule has 0 aliphatic heterocycles. The lowest BCUT2D eigenvalue weighted by Gasteiger charge is -2.04. The second kappa shape index (κ2) is 5.01. The number of rotatable bonds is 4. The van der Waals surface area contributed by atoms with Crippen molar-refractivity contribution < 1.29 is 4.79 Å². The summed E-state index contributed by atoms with van der Waals surface area (Å²) in [4.78, 5) is 11.9. The molecule has 1 aromatic carbocycles. The molecule has 1 aliphatic rings. The highest BCUT2D eigenvalue weighted by molar-refractivity contribution is 5.94. The zero-order valence-corrected chi connectivity index (χ0v) is 9.94. The van der Waals surface area contributed by atoms with Crippen LogP contribution >= 0.6 is 0 Å². The number of hydrogen-bond donors (Lipinski definition) is 1. The van der Waals surface area contributed by atoms with Crippen LogP contribution in [-0.4, -0.2) is 11.9 Å². The average molecular weight is 228 g/mol. The van der Waals surface area contributed by atoms with Crippen molar-refractivity contribution in [2.45, 2.75) is 32.2 Å². The van der Waals surface area contributed by atoms with E-state index in [1.54, 1.807) is 24.3 Å². The molecular formula is C14H16N2O. The van der Waals surface area contributed by atoms with Crippen molar-refractivity contribution in [3.63, 3.8) is 0 Å². The number of carbonyl (C=O) groups is 1. The van der Waals surface area contributed by atoms with Gasteiger partial charge in [-0.3, -0.25) is 4.79 Å². The lowest BCUT2D eigenvalue weighted by molar-refractivity contribution is 0.0949. The van der Waals surface area contributed by atoms with E-state index < -0.39 is 0 Å². The van der Waals surface area contributed by atoms with Gasteiger partial charge < -0.3 is 5.32 Å². The molecule has 1 N–H and O–H groups in total. The Morgan fingerprint density at radius 1 is 1.59 bits per heavy atom. The fourth-order valence-corrected chi connectivity index (χ4v) is 2.10. The van der Waals surface area contributed by atoms with Crippen LogP contribution in [0.5, 0.6) is 0 Å². The summed E-state index contributed by atoms with van der Waals surface area (Å²) in [5.41, 5.74) is 1.10. The van der Waals surface area contributed by atoms with E-state index in [1.165, 1.54) is 12.8 Å². The highest BCUT2D eigenvalue weighted by atomic mass is 16.1. The summed E-state index contributed by atoms with van der Waals surface area (Å²) in [6, 6.07) is 9.20. The minimum atomic E-state index is -0.0642. The van der Waals surface area contributed by atoms with Gasteiger partial charge in [-0.25, -0.2) is 0 Å². The van der Waals surface area contributed by atoms with Crippen molar-refractivity contribution in [1.29, 1.82) is 5.26 Å². The molecule has 2 rings (SSSR count). The molecule has 88 valence electrons. The summed E-state index contributed by atoms with van der Waals surface area (Å²) in [5, 5.41) is 11.8. The van der Waals surface area contributed by atoms with E-state index in [0.717, 1.165) is 6.42 Å². The monoisotopic (exact) mass is 228 g/mol. The van der Waals surface area contributed by atoms with Gasteiger partial charge in [0.1, 0.15) is 0 Å². The molecule has 17 heavy (non-hydrogen) atoms. The Bertz CT molecular complexity index is 462. The van der Waals surface area contributed by atoms with E-state index >= 15 is 0 Å². The fraction of sp³-hybridized carbons (Fsp3) is 0.429. The third-order valence-electron chi connectivity index (χ3n) is 3.15. The Morgan fingerprint density at radius 3 is 3.12 bits per heavy atom. The Morgan fingerprint density at radius 2 is 2.41 bits per heavy atom. The van der Waals surface area contributed by atoms with E-state index in [4.69, 9.17) is 5.26 Å². The summed E-state index contributed by atoms with van der Waals surface area (Å²) in [5.74, 6) is 0.591. The predicted molar refractivity (Wildman–Crippen MR) is 65.4 cm³/mol. The van der Waals surface area contributed by atoms with Crippen LogP contribution in [0.2, 0.25) is 0 Å². The zero-order valence-electron chi connectivity index (χ0n) is 9.94. The summed E-state index contributed by atoms with van der Waals surface area (Å²) < 4.78 is 0. The highest BCUT2D eigenvalue weighted by Gasteiger charge is 2.37. The van der Waals surface area contributed by atoms with Gasteiger partial charge in [-0.05, 0) is 37.0 Å². The normalized spacial score (nSPS) is 21.6. The van der Waals surface area contributed by atoms with Gasteiger partial charge in [0, 0.05) is 11.6 Å². The molecule has 0 spiro atoms. The smallest absolute Gasteiger partial charge is 0.251 e. The molecule has 1 saturated carbocycles. The molecule has 2 atom stereocenters. The van der Waals surface area contributed by atoms with Crippen molar-refractivity contribution in [1.82, 2.24) is 5.32 Å². The highest BCUT2D eigenvalue weighted by Crippen LogP contribution is 2.34. The van der Waals surface area contributed by atoms with Crippen LogP contribution in [0.4, 0.5) is 0 Å². The van der Waals surface area contributed by atoms with Crippen LogP contribution in [0, 0.1) is 17.2 Å². The van der Waals surface area contributed by atoms with E-state index in [1.807, 2.05) is 6.07 Å². The third kappa shape index (κ3) is 2.85. The van der Waals surface area contributed by atoms with Crippen molar-refractivity contribution in [3.05, 3.63) is 35.4 Å². The van der Waals surface area contributed by atoms with Gasteiger partial charge in [0.05, 0.1) is 11.6 Å². The van der Waals surface area contributed by atoms with Crippen molar-refractivity contribution >= 4 is 5.91 Å². The second-order valence-electron chi connectivity index (χ2n) is 4.56. The maximum atomic E-state index is 11.9. The summed E-state index contributed by atoms with van der Waals surface area (Å²) >= 11 is 0. The Hall–Kier alpha value is -1.82. The molecule has 3 nitrogen and oxygen atoms in total. The first kappa shape index (κ1) is 11.7. The Balaban J connectivity index is 1.94. The number of hydrogen-bond acceptors (Lipinski definition) is 2. The van der Waals surface area contributed by atoms with E-state index in [0.29, 0.717) is 23.1 Å². The molecule has 0 bridgehead atoms. The standard InChI is InChI=1S/C14H16N2O/c1-2-4-11-8-13(11)16-14(17)12-6-3-5-10(7-12)9-15/h3,5-7,11,13H,2,4,8H2,1H3,(H,16,17). The van der Waals surface area contributed by atoms with Crippen LogP contribution in [0.3, 0.4) is 0 Å². The molecule has 1 aromatic rings. The molecule has 3 heteroatoms. The molecule has 2 unspecified atom stereocenters. The Kier molecular flexibility index (Phi) is 3.43. The maximum absolute atomic E-state index is 11.9. The minimum Gasteiger partial charge on any atom is -0.349 e. The first-order valence-corrected chi connectivity index (χ1v) is 6.05. The average Bonchev–Trinajstić information content (AvgIpc) is 3.08. The van der Waals surface area contributed by atoms with E-state index in [2.05, 4.69) is 12.2 Å². The van der Waals surface area contributed by atoms with Gasteiger partial charge in [0.2, 0.25) is 0 Å². The van der Waals surface area contributed by atoms with Crippen LogP contribution in [0.15, 0.2) is 24.3 Å². The maximum Gasteiger partial charge on any atom is 0.251 e. The summed E-state index contributed by atoms with van der Waals surface area (Å²) in [7, 11) is 0. The minimum absolute atomic E-state index is 0.0642. The first-order valence-electron chi connectivity index (χ1n) is 6.05. The van der Waals surface area contributed by atoms with Gasteiger partial charge >= 0.3 is 0 Å². The molecule has 1 amide bonds. The Labute approximate surface area is 101 Å². The molecular weight excluding hydrogens is 212 g/mol. The zero-order chi connectivity index (χ0) is 12.3. The SMILES string of the molecule is CCCC1CC1NC(=O)c1cccc(C#N)c1. The van der Waals surface area contributed by atoms with Gasteiger partial charge in [-0.2, -0.15) is 5.26 Å². The summed E-state index contributed by atoms with van der Waals surface area (Å²) in [6.45, 7) is 2.16. The number of nitrogens with zero attached hydrogens (tertiary/aromatic N) is 1. The largest absolute Gasteiger partial charge is 0.349 e. The third-order valence-corrected chi connectivity index (χ3v) is 3.15. The van der Waals surface area contributed by atoms with E-state index in [-0.39, 0.29) is 5.91 Å². The van der Waals surface area contributed by atoms with Crippen LogP contribution < -0.4 is 5.32 Å². The van der Waals surface area contributed by atoms with Crippen LogP contribution in [-0.2, 0) is 0 Å². The van der Waals surface area contributed by atoms with Crippen LogP contribution in [0.1, 0.15) is 42.1 Å². The second-order valence-corrected chi connectivity index (χ2v) is 4.56. The molecule has 1 fully saturated rings. The van der Waals surface area contributed by atoms with Crippen molar-refractivity contribution in [3.8, 4) is 6.07 Å². The van der Waals surface area contributed by atoms with Gasteiger partial charge in [-0.1, -0.05) is 19.4 Å². The summed E-state index contributed by atoms with van der Waals surface area (Å²) in [6.07, 6.45) is 3.45. The lowest BCUT2D eigenvalue weighted by Crippen LogP contribution is -2.26. The lowest BCUT2D eigenvalue weighted by atomic mass is 10.1. The molecule has 0 heterocycles. The molecule has 1 aliphatic carbocycles. The van der Waals surface area contributed by atoms with Crippen molar-refractivity contribution in [2.24, 2.45) is 5.92 Å². The van der Waals surface area contributed by atoms with E-state index in [9.17, 15) is 4.79 Å². The predicted octanol–water partition coefficient (Wildman–Crippen LogP) is 2.48. The number of benzene rings is 1. The quantitative estimate of drug-likeness (QED) is 0.860. The number of nitrogens with one attached hydrogen (secondary N) is 1. The van der Waals surface area contributed by atoms with Crippen molar-refractivity contribution in [2.75, 3.05) is 0 Å². The number of nitriles is 1. The molecule has 0 saturated heterocycles. The number of carbonyl (C=O) groups excluding carboxylic acids is 1. The van der Waals surface area contributed by atoms with Gasteiger partial charge in [0.15, 0.2) is 0 Å². The fourth-order valence-electron chi connectivity index (χ4n) is 2.10. The van der Waals surface area contributed by atoms with Crippen LogP contribution in [0.25, 0.3) is 0 Å². The topological polar surface area (TPSA) is 52.9 Å². The molecule has 0 aromatic heterocycles.